The summed E-state index contributed by atoms with van der Waals surface area (Å²) in [6, 6.07) is 9.00. The van der Waals surface area contributed by atoms with Gasteiger partial charge in [-0.3, -0.25) is 9.59 Å². The van der Waals surface area contributed by atoms with Crippen LogP contribution in [0, 0.1) is 0 Å². The van der Waals surface area contributed by atoms with E-state index in [1.165, 1.54) is 4.90 Å². The summed E-state index contributed by atoms with van der Waals surface area (Å²) < 4.78 is 1.72. The fourth-order valence-corrected chi connectivity index (χ4v) is 2.11. The lowest BCUT2D eigenvalue weighted by Crippen LogP contribution is -2.40. The van der Waals surface area contributed by atoms with Crippen molar-refractivity contribution < 1.29 is 9.59 Å². The van der Waals surface area contributed by atoms with E-state index in [1.54, 1.807) is 23.0 Å². The monoisotopic (exact) mass is 300 g/mol. The first-order valence-electron chi connectivity index (χ1n) is 7.31. The third-order valence-electron chi connectivity index (χ3n) is 3.26. The van der Waals surface area contributed by atoms with Crippen LogP contribution in [0.15, 0.2) is 42.7 Å². The van der Waals surface area contributed by atoms with E-state index in [0.717, 1.165) is 5.69 Å². The predicted octanol–water partition coefficient (Wildman–Crippen LogP) is 1.47. The molecule has 0 saturated heterocycles. The first-order chi connectivity index (χ1) is 10.7. The molecule has 6 nitrogen and oxygen atoms in total. The first kappa shape index (κ1) is 15.8. The molecule has 0 spiro atoms. The van der Waals surface area contributed by atoms with Crippen LogP contribution < -0.4 is 5.32 Å². The predicted molar refractivity (Wildman–Crippen MR) is 83.8 cm³/mol. The zero-order valence-corrected chi connectivity index (χ0v) is 12.8. The van der Waals surface area contributed by atoms with Crippen LogP contribution in [-0.2, 0) is 4.79 Å². The number of aromatic nitrogens is 2. The molecule has 2 rings (SSSR count). The lowest BCUT2D eigenvalue weighted by atomic mass is 10.1. The third-order valence-corrected chi connectivity index (χ3v) is 3.26. The van der Waals surface area contributed by atoms with Crippen LogP contribution in [0.4, 0.5) is 0 Å². The molecule has 0 unspecified atom stereocenters. The number of hydrogen-bond donors (Lipinski definition) is 1. The van der Waals surface area contributed by atoms with Gasteiger partial charge in [-0.15, -0.1) is 0 Å². The number of nitrogens with zero attached hydrogens (tertiary/aromatic N) is 3. The summed E-state index contributed by atoms with van der Waals surface area (Å²) in [5.74, 6) is -0.299. The van der Waals surface area contributed by atoms with Gasteiger partial charge in [0.2, 0.25) is 5.91 Å². The first-order valence-corrected chi connectivity index (χ1v) is 7.31. The number of nitrogens with one attached hydrogen (secondary N) is 1. The van der Waals surface area contributed by atoms with E-state index >= 15 is 0 Å². The van der Waals surface area contributed by atoms with E-state index in [9.17, 15) is 9.59 Å². The molecule has 0 atom stereocenters. The van der Waals surface area contributed by atoms with Crippen molar-refractivity contribution in [2.24, 2.45) is 0 Å². The number of carbonyl (C=O) groups is 2. The smallest absolute Gasteiger partial charge is 0.254 e. The molecule has 116 valence electrons. The van der Waals surface area contributed by atoms with Crippen molar-refractivity contribution in [1.29, 1.82) is 0 Å². The van der Waals surface area contributed by atoms with Gasteiger partial charge in [0.15, 0.2) is 0 Å². The maximum Gasteiger partial charge on any atom is 0.254 e. The maximum absolute atomic E-state index is 12.4. The average Bonchev–Trinajstić information content (AvgIpc) is 3.07. The van der Waals surface area contributed by atoms with Gasteiger partial charge in [-0.1, -0.05) is 0 Å². The Morgan fingerprint density at radius 3 is 2.50 bits per heavy atom. The lowest BCUT2D eigenvalue weighted by Gasteiger charge is -2.20. The van der Waals surface area contributed by atoms with Crippen LogP contribution in [0.2, 0.25) is 0 Å². The van der Waals surface area contributed by atoms with Crippen LogP contribution in [0.3, 0.4) is 0 Å². The molecule has 22 heavy (non-hydrogen) atoms. The number of hydrogen-bond acceptors (Lipinski definition) is 3. The summed E-state index contributed by atoms with van der Waals surface area (Å²) in [5.41, 5.74) is 1.44. The molecule has 2 aromatic rings. The van der Waals surface area contributed by atoms with Crippen molar-refractivity contribution in [3.05, 3.63) is 48.3 Å². The Hall–Kier alpha value is -2.63. The Kier molecular flexibility index (Phi) is 5.30. The van der Waals surface area contributed by atoms with Gasteiger partial charge in [-0.2, -0.15) is 5.10 Å². The highest BCUT2D eigenvalue weighted by Gasteiger charge is 2.17. The van der Waals surface area contributed by atoms with Crippen LogP contribution in [0.1, 0.15) is 24.2 Å². The number of likely N-dealkylation sites (N-methyl/N-ethyl adjacent to an activating group) is 2. The lowest BCUT2D eigenvalue weighted by molar-refractivity contribution is -0.121. The second kappa shape index (κ2) is 7.40. The van der Waals surface area contributed by atoms with Gasteiger partial charge in [0.05, 0.1) is 12.2 Å². The molecular formula is C16H20N4O2. The fraction of sp³-hybridized carbons (Fsp3) is 0.312. The van der Waals surface area contributed by atoms with Crippen LogP contribution in [0.25, 0.3) is 5.69 Å². The maximum atomic E-state index is 12.4. The normalized spacial score (nSPS) is 10.3. The Morgan fingerprint density at radius 2 is 1.95 bits per heavy atom. The van der Waals surface area contributed by atoms with Gasteiger partial charge >= 0.3 is 0 Å². The van der Waals surface area contributed by atoms with Crippen LogP contribution >= 0.6 is 0 Å². The van der Waals surface area contributed by atoms with E-state index < -0.39 is 0 Å². The standard InChI is InChI=1S/C16H20N4O2/c1-3-17-15(21)12-19(4-2)16(22)13-6-8-14(9-7-13)20-11-5-10-18-20/h5-11H,3-4,12H2,1-2H3,(H,17,21). The highest BCUT2D eigenvalue weighted by molar-refractivity contribution is 5.96. The number of benzene rings is 1. The quantitative estimate of drug-likeness (QED) is 0.878. The van der Waals surface area contributed by atoms with Gasteiger partial charge in [0.1, 0.15) is 0 Å². The molecule has 1 heterocycles. The molecule has 2 amide bonds. The van der Waals surface area contributed by atoms with Crippen molar-refractivity contribution in [2.75, 3.05) is 19.6 Å². The Labute approximate surface area is 129 Å². The largest absolute Gasteiger partial charge is 0.355 e. The van der Waals surface area contributed by atoms with Gasteiger partial charge in [0, 0.05) is 31.0 Å². The molecule has 0 aliphatic heterocycles. The zero-order valence-electron chi connectivity index (χ0n) is 12.8. The summed E-state index contributed by atoms with van der Waals surface area (Å²) in [4.78, 5) is 25.6. The summed E-state index contributed by atoms with van der Waals surface area (Å²) in [6.07, 6.45) is 3.54. The average molecular weight is 300 g/mol. The van der Waals surface area contributed by atoms with Crippen molar-refractivity contribution in [3.63, 3.8) is 0 Å². The second-order valence-electron chi connectivity index (χ2n) is 4.77. The van der Waals surface area contributed by atoms with Crippen molar-refractivity contribution >= 4 is 11.8 Å². The van der Waals surface area contributed by atoms with E-state index in [1.807, 2.05) is 38.2 Å². The van der Waals surface area contributed by atoms with E-state index in [-0.39, 0.29) is 18.4 Å². The molecule has 0 aliphatic carbocycles. The fourth-order valence-electron chi connectivity index (χ4n) is 2.11. The van der Waals surface area contributed by atoms with Gasteiger partial charge in [0.25, 0.3) is 5.91 Å². The van der Waals surface area contributed by atoms with Crippen molar-refractivity contribution in [2.45, 2.75) is 13.8 Å². The minimum Gasteiger partial charge on any atom is -0.355 e. The molecule has 1 aromatic carbocycles. The summed E-state index contributed by atoms with van der Waals surface area (Å²) in [7, 11) is 0. The Morgan fingerprint density at radius 1 is 1.23 bits per heavy atom. The van der Waals surface area contributed by atoms with E-state index in [2.05, 4.69) is 10.4 Å². The van der Waals surface area contributed by atoms with Gasteiger partial charge < -0.3 is 10.2 Å². The molecule has 1 aromatic heterocycles. The minimum absolute atomic E-state index is 0.0735. The zero-order chi connectivity index (χ0) is 15.9. The molecule has 0 aliphatic rings. The van der Waals surface area contributed by atoms with Gasteiger partial charge in [-0.25, -0.2) is 4.68 Å². The molecule has 6 heteroatoms. The molecule has 0 radical (unpaired) electrons. The Bertz CT molecular complexity index is 620. The molecule has 0 saturated carbocycles. The SMILES string of the molecule is CCNC(=O)CN(CC)C(=O)c1ccc(-n2cccn2)cc1. The number of carbonyl (C=O) groups excluding carboxylic acids is 2. The molecule has 0 fully saturated rings. The highest BCUT2D eigenvalue weighted by Crippen LogP contribution is 2.10. The van der Waals surface area contributed by atoms with Crippen molar-refractivity contribution in [1.82, 2.24) is 20.0 Å². The molecular weight excluding hydrogens is 280 g/mol. The van der Waals surface area contributed by atoms with E-state index in [4.69, 9.17) is 0 Å². The minimum atomic E-state index is -0.152. The Balaban J connectivity index is 2.09. The van der Waals surface area contributed by atoms with Crippen LogP contribution in [0.5, 0.6) is 0 Å². The van der Waals surface area contributed by atoms with Crippen molar-refractivity contribution in [3.8, 4) is 5.69 Å². The topological polar surface area (TPSA) is 67.2 Å². The summed E-state index contributed by atoms with van der Waals surface area (Å²) >= 11 is 0. The molecule has 0 bridgehead atoms. The summed E-state index contributed by atoms with van der Waals surface area (Å²) in [5, 5.41) is 6.84. The van der Waals surface area contributed by atoms with Crippen LogP contribution in [-0.4, -0.2) is 46.1 Å². The second-order valence-corrected chi connectivity index (χ2v) is 4.77. The van der Waals surface area contributed by atoms with E-state index in [0.29, 0.717) is 18.7 Å². The molecule has 1 N–H and O–H groups in total. The number of rotatable bonds is 6. The number of amides is 2. The highest BCUT2D eigenvalue weighted by atomic mass is 16.2. The van der Waals surface area contributed by atoms with Gasteiger partial charge in [-0.05, 0) is 44.2 Å². The summed E-state index contributed by atoms with van der Waals surface area (Å²) in [6.45, 7) is 4.82. The third kappa shape index (κ3) is 3.72.